The molecule has 1 nitrogen and oxygen atoms in total. The van der Waals surface area contributed by atoms with E-state index in [0.717, 1.165) is 6.42 Å². The standard InChI is InChI=1S/C4H8OSi/c5-6-4-2-1-3-4/h1-2,4-5H,3,6H2. The Morgan fingerprint density at radius 1 is 1.83 bits per heavy atom. The number of rotatable bonds is 1. The van der Waals surface area contributed by atoms with Crippen molar-refractivity contribution in [2.45, 2.75) is 12.0 Å². The van der Waals surface area contributed by atoms with Crippen LogP contribution in [0.1, 0.15) is 6.42 Å². The maximum atomic E-state index is 8.47. The summed E-state index contributed by atoms with van der Waals surface area (Å²) in [6.07, 6.45) is 5.34. The second kappa shape index (κ2) is 1.58. The van der Waals surface area contributed by atoms with Crippen LogP contribution in [0, 0.1) is 0 Å². The minimum atomic E-state index is -0.662. The third kappa shape index (κ3) is 0.532. The molecule has 1 atom stereocenters. The minimum absolute atomic E-state index is 0.630. The van der Waals surface area contributed by atoms with Gasteiger partial charge in [0.1, 0.15) is 0 Å². The Kier molecular flexibility index (Phi) is 1.07. The van der Waals surface area contributed by atoms with Gasteiger partial charge in [-0.25, -0.2) is 0 Å². The highest BCUT2D eigenvalue weighted by Gasteiger charge is 2.06. The SMILES string of the molecule is O[SiH2]C1C=CC1. The zero-order chi connectivity index (χ0) is 4.41. The van der Waals surface area contributed by atoms with Gasteiger partial charge in [-0.2, -0.15) is 0 Å². The number of hydrogen-bond acceptors (Lipinski definition) is 1. The molecule has 0 aromatic carbocycles. The summed E-state index contributed by atoms with van der Waals surface area (Å²) in [7, 11) is -0.662. The first-order chi connectivity index (χ1) is 2.93. The molecule has 1 aliphatic carbocycles. The second-order valence-corrected chi connectivity index (χ2v) is 3.02. The van der Waals surface area contributed by atoms with E-state index in [0.29, 0.717) is 5.54 Å². The Morgan fingerprint density at radius 3 is 2.50 bits per heavy atom. The van der Waals surface area contributed by atoms with Gasteiger partial charge < -0.3 is 4.80 Å². The van der Waals surface area contributed by atoms with E-state index >= 15 is 0 Å². The molecular weight excluding hydrogens is 92.1 g/mol. The fourth-order valence-electron chi connectivity index (χ4n) is 0.464. The lowest BCUT2D eigenvalue weighted by Gasteiger charge is -2.11. The first kappa shape index (κ1) is 4.09. The molecule has 1 rings (SSSR count). The van der Waals surface area contributed by atoms with Crippen LogP contribution in [-0.2, 0) is 0 Å². The second-order valence-electron chi connectivity index (χ2n) is 1.61. The third-order valence-electron chi connectivity index (χ3n) is 1.08. The largest absolute Gasteiger partial charge is 0.438 e. The van der Waals surface area contributed by atoms with Gasteiger partial charge in [-0.3, -0.25) is 0 Å². The van der Waals surface area contributed by atoms with Crippen LogP contribution in [0.5, 0.6) is 0 Å². The number of hydrogen-bond donors (Lipinski definition) is 1. The van der Waals surface area contributed by atoms with Crippen LogP contribution in [0.25, 0.3) is 0 Å². The predicted molar refractivity (Wildman–Crippen MR) is 28.3 cm³/mol. The molecule has 0 amide bonds. The van der Waals surface area contributed by atoms with E-state index in [2.05, 4.69) is 12.2 Å². The summed E-state index contributed by atoms with van der Waals surface area (Å²) < 4.78 is 0. The fourth-order valence-corrected chi connectivity index (χ4v) is 1.12. The van der Waals surface area contributed by atoms with Gasteiger partial charge in [0.15, 0.2) is 9.76 Å². The summed E-state index contributed by atoms with van der Waals surface area (Å²) in [5, 5.41) is 0. The van der Waals surface area contributed by atoms with E-state index in [1.807, 2.05) is 0 Å². The van der Waals surface area contributed by atoms with Crippen LogP contribution < -0.4 is 0 Å². The number of allylic oxidation sites excluding steroid dienone is 2. The Hall–Kier alpha value is -0.0831. The molecule has 1 aliphatic rings. The first-order valence-corrected chi connectivity index (χ1v) is 3.66. The molecule has 0 aliphatic heterocycles. The molecular formula is C4H8OSi. The summed E-state index contributed by atoms with van der Waals surface area (Å²) in [6, 6.07) is 0. The highest BCUT2D eigenvalue weighted by Crippen LogP contribution is 2.19. The van der Waals surface area contributed by atoms with Gasteiger partial charge in [-0.1, -0.05) is 12.2 Å². The molecule has 0 saturated heterocycles. The molecule has 1 N–H and O–H groups in total. The van der Waals surface area contributed by atoms with E-state index in [-0.39, 0.29) is 0 Å². The minimum Gasteiger partial charge on any atom is -0.438 e. The highest BCUT2D eigenvalue weighted by atomic mass is 28.2. The summed E-state index contributed by atoms with van der Waals surface area (Å²) >= 11 is 0. The maximum absolute atomic E-state index is 8.47. The van der Waals surface area contributed by atoms with Crippen LogP contribution in [0.2, 0.25) is 5.54 Å². The molecule has 0 spiro atoms. The molecule has 34 valence electrons. The molecule has 6 heavy (non-hydrogen) atoms. The van der Waals surface area contributed by atoms with Crippen molar-refractivity contribution < 1.29 is 4.80 Å². The Labute approximate surface area is 39.6 Å². The predicted octanol–water partition coefficient (Wildman–Crippen LogP) is -0.189. The van der Waals surface area contributed by atoms with Gasteiger partial charge in [0.05, 0.1) is 0 Å². The summed E-state index contributed by atoms with van der Waals surface area (Å²) in [5.74, 6) is 0. The van der Waals surface area contributed by atoms with Gasteiger partial charge in [0.2, 0.25) is 0 Å². The first-order valence-electron chi connectivity index (χ1n) is 2.21. The van der Waals surface area contributed by atoms with Crippen molar-refractivity contribution in [1.82, 2.24) is 0 Å². The molecule has 2 heteroatoms. The topological polar surface area (TPSA) is 20.2 Å². The van der Waals surface area contributed by atoms with Crippen molar-refractivity contribution >= 4 is 9.76 Å². The van der Waals surface area contributed by atoms with Gasteiger partial charge in [-0.05, 0) is 12.0 Å². The zero-order valence-corrected chi connectivity index (χ0v) is 5.01. The quantitative estimate of drug-likeness (QED) is 0.358. The molecule has 0 aromatic heterocycles. The third-order valence-corrected chi connectivity index (χ3v) is 2.16. The van der Waals surface area contributed by atoms with Crippen molar-refractivity contribution in [2.75, 3.05) is 0 Å². The van der Waals surface area contributed by atoms with Gasteiger partial charge in [0.25, 0.3) is 0 Å². The normalized spacial score (nSPS) is 31.8. The molecule has 1 unspecified atom stereocenters. The van der Waals surface area contributed by atoms with Crippen LogP contribution >= 0.6 is 0 Å². The van der Waals surface area contributed by atoms with Crippen molar-refractivity contribution in [3.8, 4) is 0 Å². The van der Waals surface area contributed by atoms with Crippen molar-refractivity contribution in [3.05, 3.63) is 12.2 Å². The highest BCUT2D eigenvalue weighted by molar-refractivity contribution is 6.29. The van der Waals surface area contributed by atoms with E-state index < -0.39 is 9.76 Å². The van der Waals surface area contributed by atoms with Crippen molar-refractivity contribution in [1.29, 1.82) is 0 Å². The van der Waals surface area contributed by atoms with E-state index in [1.54, 1.807) is 0 Å². The van der Waals surface area contributed by atoms with Crippen LogP contribution in [0.4, 0.5) is 0 Å². The zero-order valence-electron chi connectivity index (χ0n) is 3.59. The average molecular weight is 100 g/mol. The van der Waals surface area contributed by atoms with Gasteiger partial charge in [-0.15, -0.1) is 0 Å². The Bertz CT molecular complexity index is 69.9. The Morgan fingerprint density at radius 2 is 2.50 bits per heavy atom. The van der Waals surface area contributed by atoms with Gasteiger partial charge >= 0.3 is 0 Å². The van der Waals surface area contributed by atoms with Gasteiger partial charge in [0, 0.05) is 0 Å². The van der Waals surface area contributed by atoms with Crippen molar-refractivity contribution in [3.63, 3.8) is 0 Å². The summed E-state index contributed by atoms with van der Waals surface area (Å²) in [4.78, 5) is 8.47. The van der Waals surface area contributed by atoms with E-state index in [1.165, 1.54) is 0 Å². The molecule has 0 aromatic rings. The van der Waals surface area contributed by atoms with E-state index in [9.17, 15) is 0 Å². The summed E-state index contributed by atoms with van der Waals surface area (Å²) in [5.41, 5.74) is 0.630. The molecule has 0 saturated carbocycles. The molecule has 0 heterocycles. The summed E-state index contributed by atoms with van der Waals surface area (Å²) in [6.45, 7) is 0. The lowest BCUT2D eigenvalue weighted by molar-refractivity contribution is 0.584. The van der Waals surface area contributed by atoms with Crippen LogP contribution in [0.3, 0.4) is 0 Å². The maximum Gasteiger partial charge on any atom is 0.163 e. The van der Waals surface area contributed by atoms with Crippen LogP contribution in [-0.4, -0.2) is 14.6 Å². The van der Waals surface area contributed by atoms with E-state index in [4.69, 9.17) is 4.80 Å². The smallest absolute Gasteiger partial charge is 0.163 e. The van der Waals surface area contributed by atoms with Crippen LogP contribution in [0.15, 0.2) is 12.2 Å². The monoisotopic (exact) mass is 100 g/mol. The molecule has 0 fully saturated rings. The molecule has 0 radical (unpaired) electrons. The average Bonchev–Trinajstić information content (AvgIpc) is 1.31. The fraction of sp³-hybridized carbons (Fsp3) is 0.500. The lowest BCUT2D eigenvalue weighted by Crippen LogP contribution is -2.03. The Balaban J connectivity index is 2.21. The molecule has 0 bridgehead atoms. The lowest BCUT2D eigenvalue weighted by atomic mass is 10.1. The van der Waals surface area contributed by atoms with Crippen molar-refractivity contribution in [2.24, 2.45) is 0 Å².